The Bertz CT molecular complexity index is 484. The summed E-state index contributed by atoms with van der Waals surface area (Å²) in [5, 5.41) is 10.7. The lowest BCUT2D eigenvalue weighted by Gasteiger charge is -2.26. The first kappa shape index (κ1) is 14.6. The van der Waals surface area contributed by atoms with Crippen LogP contribution >= 0.6 is 0 Å². The van der Waals surface area contributed by atoms with E-state index in [1.807, 2.05) is 0 Å². The molecule has 1 aliphatic rings. The maximum atomic E-state index is 12.0. The molecule has 1 heterocycles. The average Bonchev–Trinajstić information content (AvgIpc) is 2.48. The normalized spacial score (nSPS) is 16.0. The molecule has 1 aromatic rings. The molecule has 0 aliphatic carbocycles. The van der Waals surface area contributed by atoms with Gasteiger partial charge in [0.05, 0.1) is 18.1 Å². The molecule has 20 heavy (non-hydrogen) atoms. The molecular formula is C14H18N2O4. The van der Waals surface area contributed by atoms with Crippen LogP contribution in [0.3, 0.4) is 0 Å². The fourth-order valence-electron chi connectivity index (χ4n) is 2.23. The lowest BCUT2D eigenvalue weighted by Crippen LogP contribution is -2.36. The molecule has 0 unspecified atom stereocenters. The molecule has 6 heteroatoms. The molecule has 0 saturated carbocycles. The van der Waals surface area contributed by atoms with Crippen LogP contribution < -0.4 is 0 Å². The molecule has 6 nitrogen and oxygen atoms in total. The molecule has 1 saturated heterocycles. The number of carbonyl (C=O) groups excluding carboxylic acids is 1. The van der Waals surface area contributed by atoms with Gasteiger partial charge in [-0.05, 0) is 13.0 Å². The first-order valence-corrected chi connectivity index (χ1v) is 6.74. The highest BCUT2D eigenvalue weighted by atomic mass is 16.6. The molecular weight excluding hydrogens is 260 g/mol. The Kier molecular flexibility index (Phi) is 5.20. The van der Waals surface area contributed by atoms with Crippen molar-refractivity contribution in [2.24, 2.45) is 0 Å². The fourth-order valence-corrected chi connectivity index (χ4v) is 2.23. The van der Waals surface area contributed by atoms with E-state index < -0.39 is 4.92 Å². The number of rotatable bonds is 6. The summed E-state index contributed by atoms with van der Waals surface area (Å²) in [5.74, 6) is -0.0399. The van der Waals surface area contributed by atoms with Gasteiger partial charge in [-0.15, -0.1) is 0 Å². The van der Waals surface area contributed by atoms with E-state index in [2.05, 4.69) is 4.90 Å². The van der Waals surface area contributed by atoms with E-state index in [4.69, 9.17) is 4.74 Å². The molecule has 0 amide bonds. The van der Waals surface area contributed by atoms with Crippen molar-refractivity contribution in [2.45, 2.75) is 12.8 Å². The zero-order chi connectivity index (χ0) is 14.4. The molecule has 1 fully saturated rings. The lowest BCUT2D eigenvalue weighted by atomic mass is 10.1. The van der Waals surface area contributed by atoms with Gasteiger partial charge in [-0.25, -0.2) is 0 Å². The van der Waals surface area contributed by atoms with Crippen LogP contribution in [0.2, 0.25) is 0 Å². The Morgan fingerprint density at radius 1 is 1.35 bits per heavy atom. The third-order valence-corrected chi connectivity index (χ3v) is 3.36. The summed E-state index contributed by atoms with van der Waals surface area (Å²) in [7, 11) is 0. The molecule has 0 radical (unpaired) electrons. The van der Waals surface area contributed by atoms with Crippen molar-refractivity contribution in [3.05, 3.63) is 39.9 Å². The van der Waals surface area contributed by atoms with E-state index in [1.165, 1.54) is 12.1 Å². The van der Waals surface area contributed by atoms with Crippen molar-refractivity contribution >= 4 is 11.5 Å². The summed E-state index contributed by atoms with van der Waals surface area (Å²) in [6.07, 6.45) is 1.18. The van der Waals surface area contributed by atoms with Crippen molar-refractivity contribution in [3.63, 3.8) is 0 Å². The Hall–Kier alpha value is -1.79. The summed E-state index contributed by atoms with van der Waals surface area (Å²) in [5.41, 5.74) is 0.380. The quantitative estimate of drug-likeness (QED) is 0.451. The third kappa shape index (κ3) is 4.11. The van der Waals surface area contributed by atoms with Crippen LogP contribution in [-0.2, 0) is 4.74 Å². The van der Waals surface area contributed by atoms with Gasteiger partial charge in [0.15, 0.2) is 5.78 Å². The van der Waals surface area contributed by atoms with Crippen molar-refractivity contribution < 1.29 is 14.5 Å². The molecule has 0 aromatic heterocycles. The van der Waals surface area contributed by atoms with E-state index in [9.17, 15) is 14.9 Å². The van der Waals surface area contributed by atoms with E-state index in [0.717, 1.165) is 39.3 Å². The van der Waals surface area contributed by atoms with Gasteiger partial charge in [-0.2, -0.15) is 0 Å². The standard InChI is InChI=1S/C14H18N2O4/c17-14(5-2-6-15-7-9-20-10-8-15)12-3-1-4-13(11-12)16(18)19/h1,3-4,11H,2,5-10H2. The summed E-state index contributed by atoms with van der Waals surface area (Å²) in [4.78, 5) is 24.5. The van der Waals surface area contributed by atoms with Gasteiger partial charge >= 0.3 is 0 Å². The van der Waals surface area contributed by atoms with Crippen LogP contribution in [0.4, 0.5) is 5.69 Å². The van der Waals surface area contributed by atoms with Gasteiger partial charge in [0.1, 0.15) is 0 Å². The van der Waals surface area contributed by atoms with Gasteiger partial charge in [0, 0.05) is 37.2 Å². The number of nitrogens with zero attached hydrogens (tertiary/aromatic N) is 2. The predicted molar refractivity (Wildman–Crippen MR) is 73.9 cm³/mol. The number of Topliss-reactive ketones (excluding diaryl/α,β-unsaturated/α-hetero) is 1. The molecule has 2 rings (SSSR count). The Morgan fingerprint density at radius 3 is 2.80 bits per heavy atom. The highest BCUT2D eigenvalue weighted by molar-refractivity contribution is 5.96. The second kappa shape index (κ2) is 7.12. The summed E-state index contributed by atoms with van der Waals surface area (Å²) in [6.45, 7) is 4.18. The number of benzene rings is 1. The predicted octanol–water partition coefficient (Wildman–Crippen LogP) is 1.89. The van der Waals surface area contributed by atoms with Crippen LogP contribution in [0.25, 0.3) is 0 Å². The molecule has 1 aliphatic heterocycles. The molecule has 0 spiro atoms. The van der Waals surface area contributed by atoms with Gasteiger partial charge in [-0.1, -0.05) is 12.1 Å². The monoisotopic (exact) mass is 278 g/mol. The number of nitro groups is 1. The highest BCUT2D eigenvalue weighted by Crippen LogP contribution is 2.15. The minimum Gasteiger partial charge on any atom is -0.379 e. The number of nitro benzene ring substituents is 1. The van der Waals surface area contributed by atoms with Crippen LogP contribution in [0.15, 0.2) is 24.3 Å². The maximum Gasteiger partial charge on any atom is 0.270 e. The second-order valence-corrected chi connectivity index (χ2v) is 4.79. The van der Waals surface area contributed by atoms with Crippen LogP contribution in [-0.4, -0.2) is 48.5 Å². The number of carbonyl (C=O) groups is 1. The van der Waals surface area contributed by atoms with Gasteiger partial charge < -0.3 is 4.74 Å². The number of hydrogen-bond acceptors (Lipinski definition) is 5. The van der Waals surface area contributed by atoms with Crippen molar-refractivity contribution in [1.82, 2.24) is 4.90 Å². The van der Waals surface area contributed by atoms with Crippen molar-refractivity contribution in [1.29, 1.82) is 0 Å². The topological polar surface area (TPSA) is 72.7 Å². The highest BCUT2D eigenvalue weighted by Gasteiger charge is 2.13. The van der Waals surface area contributed by atoms with Crippen molar-refractivity contribution in [2.75, 3.05) is 32.8 Å². The van der Waals surface area contributed by atoms with Crippen LogP contribution in [0, 0.1) is 10.1 Å². The summed E-state index contributed by atoms with van der Waals surface area (Å²) < 4.78 is 5.26. The van der Waals surface area contributed by atoms with E-state index in [-0.39, 0.29) is 11.5 Å². The molecule has 0 bridgehead atoms. The molecule has 0 atom stereocenters. The molecule has 108 valence electrons. The number of non-ortho nitro benzene ring substituents is 1. The Balaban J connectivity index is 1.82. The first-order chi connectivity index (χ1) is 9.66. The number of hydrogen-bond donors (Lipinski definition) is 0. The minimum atomic E-state index is -0.482. The van der Waals surface area contributed by atoms with Gasteiger partial charge in [0.25, 0.3) is 5.69 Å². The van der Waals surface area contributed by atoms with Crippen molar-refractivity contribution in [3.8, 4) is 0 Å². The first-order valence-electron chi connectivity index (χ1n) is 6.74. The summed E-state index contributed by atoms with van der Waals surface area (Å²) in [6, 6.07) is 5.92. The van der Waals surface area contributed by atoms with Crippen LogP contribution in [0.5, 0.6) is 0 Å². The average molecular weight is 278 g/mol. The fraction of sp³-hybridized carbons (Fsp3) is 0.500. The SMILES string of the molecule is O=C(CCCN1CCOCC1)c1cccc([N+](=O)[O-])c1. The smallest absolute Gasteiger partial charge is 0.270 e. The third-order valence-electron chi connectivity index (χ3n) is 3.36. The zero-order valence-corrected chi connectivity index (χ0v) is 11.3. The van der Waals surface area contributed by atoms with E-state index in [0.29, 0.717) is 12.0 Å². The largest absolute Gasteiger partial charge is 0.379 e. The van der Waals surface area contributed by atoms with Gasteiger partial charge in [-0.3, -0.25) is 19.8 Å². The molecule has 1 aromatic carbocycles. The van der Waals surface area contributed by atoms with Gasteiger partial charge in [0.2, 0.25) is 0 Å². The van der Waals surface area contributed by atoms with E-state index in [1.54, 1.807) is 12.1 Å². The summed E-state index contributed by atoms with van der Waals surface area (Å²) >= 11 is 0. The molecule has 0 N–H and O–H groups in total. The van der Waals surface area contributed by atoms with Crippen LogP contribution in [0.1, 0.15) is 23.2 Å². The zero-order valence-electron chi connectivity index (χ0n) is 11.3. The number of ketones is 1. The number of ether oxygens (including phenoxy) is 1. The Morgan fingerprint density at radius 2 is 2.10 bits per heavy atom. The second-order valence-electron chi connectivity index (χ2n) is 4.79. The van der Waals surface area contributed by atoms with E-state index >= 15 is 0 Å². The Labute approximate surface area is 117 Å². The minimum absolute atomic E-state index is 0.0379. The number of morpholine rings is 1. The maximum absolute atomic E-state index is 12.0. The lowest BCUT2D eigenvalue weighted by molar-refractivity contribution is -0.384.